The summed E-state index contributed by atoms with van der Waals surface area (Å²) >= 11 is 12.4. The van der Waals surface area contributed by atoms with Gasteiger partial charge in [0.25, 0.3) is 0 Å². The summed E-state index contributed by atoms with van der Waals surface area (Å²) in [7, 11) is 0. The molecule has 1 unspecified atom stereocenters. The standard InChI is InChI=1S/C36H34Cl2N4O2/c37-28-12-4-23(5-13-28)19-26-11-17-32-34(31(26)20-24-6-14-29(38)15-7-24)40-35(25-8-9-25)42(32)33-3-1-2-18-41(33)22-30-16-10-27(21-39-30)36(43)44/h4-7,10-17,21,25,33H,1-3,8-9,18-20,22H2,(H,43,44). The molecule has 3 heterocycles. The first-order chi connectivity index (χ1) is 21.4. The van der Waals surface area contributed by atoms with Crippen LogP contribution in [0.5, 0.6) is 0 Å². The average Bonchev–Trinajstić information content (AvgIpc) is 3.81. The SMILES string of the molecule is O=C(O)c1ccc(CN2CCCCC2n2c(C3CC3)nc3c(Cc4ccc(Cl)cc4)c(Cc4ccc(Cl)cc4)ccc32)nc1. The molecule has 0 bridgehead atoms. The Morgan fingerprint density at radius 1 is 0.841 bits per heavy atom. The highest BCUT2D eigenvalue weighted by molar-refractivity contribution is 6.30. The summed E-state index contributed by atoms with van der Waals surface area (Å²) < 4.78 is 2.52. The van der Waals surface area contributed by atoms with E-state index in [1.54, 1.807) is 6.07 Å². The Morgan fingerprint density at radius 3 is 2.18 bits per heavy atom. The van der Waals surface area contributed by atoms with Crippen molar-refractivity contribution in [2.75, 3.05) is 6.54 Å². The normalized spacial score (nSPS) is 17.3. The van der Waals surface area contributed by atoms with Gasteiger partial charge in [0.2, 0.25) is 0 Å². The quantitative estimate of drug-likeness (QED) is 0.178. The largest absolute Gasteiger partial charge is 0.478 e. The van der Waals surface area contributed by atoms with Crippen molar-refractivity contribution in [1.29, 1.82) is 0 Å². The lowest BCUT2D eigenvalue weighted by molar-refractivity contribution is 0.0696. The molecule has 1 saturated heterocycles. The van der Waals surface area contributed by atoms with Crippen LogP contribution >= 0.6 is 23.2 Å². The van der Waals surface area contributed by atoms with Crippen LogP contribution in [0, 0.1) is 0 Å². The Hall–Kier alpha value is -3.71. The van der Waals surface area contributed by atoms with Crippen LogP contribution in [0.15, 0.2) is 79.0 Å². The number of piperidine rings is 1. The molecular weight excluding hydrogens is 591 g/mol. The Labute approximate surface area is 267 Å². The van der Waals surface area contributed by atoms with Gasteiger partial charge in [0.05, 0.1) is 28.5 Å². The molecule has 44 heavy (non-hydrogen) atoms. The molecule has 1 N–H and O–H groups in total. The van der Waals surface area contributed by atoms with E-state index in [0.717, 1.165) is 59.9 Å². The molecule has 7 rings (SSSR count). The number of likely N-dealkylation sites (tertiary alicyclic amines) is 1. The van der Waals surface area contributed by atoms with Gasteiger partial charge < -0.3 is 9.67 Å². The van der Waals surface area contributed by atoms with E-state index >= 15 is 0 Å². The Balaban J connectivity index is 1.31. The monoisotopic (exact) mass is 624 g/mol. The van der Waals surface area contributed by atoms with Crippen molar-refractivity contribution in [3.8, 4) is 0 Å². The van der Waals surface area contributed by atoms with Crippen LogP contribution in [0.25, 0.3) is 11.0 Å². The fourth-order valence-electron chi connectivity index (χ4n) is 6.51. The number of carboxylic acid groups (broad SMARTS) is 1. The number of carboxylic acids is 1. The molecule has 0 spiro atoms. The molecule has 2 aliphatic rings. The number of halogens is 2. The number of aromatic carboxylic acids is 1. The number of rotatable bonds is 9. The molecule has 5 aromatic rings. The van der Waals surface area contributed by atoms with Crippen LogP contribution in [0.2, 0.25) is 10.0 Å². The molecular formula is C36H34Cl2N4O2. The van der Waals surface area contributed by atoms with Crippen LogP contribution in [0.1, 0.15) is 88.3 Å². The van der Waals surface area contributed by atoms with Crippen LogP contribution < -0.4 is 0 Å². The predicted molar refractivity (Wildman–Crippen MR) is 175 cm³/mol. The van der Waals surface area contributed by atoms with Gasteiger partial charge in [-0.05, 0) is 110 Å². The maximum Gasteiger partial charge on any atom is 0.337 e. The molecule has 0 radical (unpaired) electrons. The predicted octanol–water partition coefficient (Wildman–Crippen LogP) is 8.68. The van der Waals surface area contributed by atoms with E-state index in [1.165, 1.54) is 52.6 Å². The highest BCUT2D eigenvalue weighted by atomic mass is 35.5. The number of hydrogen-bond acceptors (Lipinski definition) is 4. The Bertz CT molecular complexity index is 1800. The molecule has 1 aliphatic carbocycles. The van der Waals surface area contributed by atoms with E-state index in [-0.39, 0.29) is 11.7 Å². The van der Waals surface area contributed by atoms with Crippen LogP contribution in [0.3, 0.4) is 0 Å². The van der Waals surface area contributed by atoms with E-state index in [1.807, 2.05) is 30.3 Å². The first-order valence-electron chi connectivity index (χ1n) is 15.4. The zero-order valence-corrected chi connectivity index (χ0v) is 25.9. The van der Waals surface area contributed by atoms with E-state index in [9.17, 15) is 9.90 Å². The van der Waals surface area contributed by atoms with Crippen molar-refractivity contribution in [2.24, 2.45) is 0 Å². The second-order valence-corrected chi connectivity index (χ2v) is 13.0. The average molecular weight is 626 g/mol. The van der Waals surface area contributed by atoms with Gasteiger partial charge in [-0.25, -0.2) is 9.78 Å². The van der Waals surface area contributed by atoms with Crippen molar-refractivity contribution in [3.05, 3.63) is 128 Å². The second kappa shape index (κ2) is 12.4. The van der Waals surface area contributed by atoms with Crippen LogP contribution in [-0.2, 0) is 19.4 Å². The van der Waals surface area contributed by atoms with Crippen LogP contribution in [0.4, 0.5) is 0 Å². The third kappa shape index (κ3) is 6.12. The molecule has 8 heteroatoms. The molecule has 224 valence electrons. The molecule has 3 aromatic carbocycles. The summed E-state index contributed by atoms with van der Waals surface area (Å²) in [4.78, 5) is 23.8. The third-order valence-corrected chi connectivity index (χ3v) is 9.45. The fraction of sp³-hybridized carbons (Fsp3) is 0.306. The summed E-state index contributed by atoms with van der Waals surface area (Å²) in [6, 6.07) is 24.3. The van der Waals surface area contributed by atoms with Gasteiger partial charge >= 0.3 is 5.97 Å². The zero-order chi connectivity index (χ0) is 30.2. The minimum absolute atomic E-state index is 0.163. The number of aromatic nitrogens is 3. The minimum Gasteiger partial charge on any atom is -0.478 e. The maximum absolute atomic E-state index is 11.4. The number of nitrogens with zero attached hydrogens (tertiary/aromatic N) is 4. The van der Waals surface area contributed by atoms with Crippen molar-refractivity contribution in [2.45, 2.75) is 63.6 Å². The summed E-state index contributed by atoms with van der Waals surface area (Å²) in [6.45, 7) is 1.63. The van der Waals surface area contributed by atoms with Gasteiger partial charge in [-0.1, -0.05) is 53.5 Å². The highest BCUT2D eigenvalue weighted by Gasteiger charge is 2.35. The molecule has 1 aliphatic heterocycles. The number of fused-ring (bicyclic) bond motifs is 1. The summed E-state index contributed by atoms with van der Waals surface area (Å²) in [5.41, 5.74) is 8.31. The molecule has 1 saturated carbocycles. The van der Waals surface area contributed by atoms with Gasteiger partial charge in [0, 0.05) is 35.2 Å². The van der Waals surface area contributed by atoms with Gasteiger partial charge in [-0.15, -0.1) is 0 Å². The Kier molecular flexibility index (Phi) is 8.15. The van der Waals surface area contributed by atoms with Crippen molar-refractivity contribution >= 4 is 40.2 Å². The second-order valence-electron chi connectivity index (χ2n) is 12.1. The molecule has 6 nitrogen and oxygen atoms in total. The smallest absolute Gasteiger partial charge is 0.337 e. The number of hydrogen-bond donors (Lipinski definition) is 1. The first kappa shape index (κ1) is 29.0. The molecule has 2 aromatic heterocycles. The molecule has 0 amide bonds. The molecule has 2 fully saturated rings. The van der Waals surface area contributed by atoms with Gasteiger partial charge in [-0.3, -0.25) is 9.88 Å². The third-order valence-electron chi connectivity index (χ3n) is 8.95. The summed E-state index contributed by atoms with van der Waals surface area (Å²) in [5, 5.41) is 10.8. The van der Waals surface area contributed by atoms with Crippen molar-refractivity contribution in [1.82, 2.24) is 19.4 Å². The topological polar surface area (TPSA) is 71.2 Å². The fourth-order valence-corrected chi connectivity index (χ4v) is 6.77. The summed E-state index contributed by atoms with van der Waals surface area (Å²) in [6.07, 6.45) is 8.85. The number of pyridine rings is 1. The van der Waals surface area contributed by atoms with Gasteiger partial charge in [0.1, 0.15) is 5.82 Å². The van der Waals surface area contributed by atoms with Crippen LogP contribution in [-0.4, -0.2) is 37.1 Å². The Morgan fingerprint density at radius 2 is 1.55 bits per heavy atom. The number of carbonyl (C=O) groups is 1. The summed E-state index contributed by atoms with van der Waals surface area (Å²) in [5.74, 6) is 0.707. The van der Waals surface area contributed by atoms with Crippen molar-refractivity contribution in [3.63, 3.8) is 0 Å². The van der Waals surface area contributed by atoms with Crippen molar-refractivity contribution < 1.29 is 9.90 Å². The van der Waals surface area contributed by atoms with E-state index in [0.29, 0.717) is 12.5 Å². The van der Waals surface area contributed by atoms with E-state index < -0.39 is 5.97 Å². The number of benzene rings is 3. The lowest BCUT2D eigenvalue weighted by Gasteiger charge is -2.37. The van der Waals surface area contributed by atoms with Gasteiger partial charge in [0.15, 0.2) is 0 Å². The first-order valence-corrected chi connectivity index (χ1v) is 16.1. The number of imidazole rings is 1. The van der Waals surface area contributed by atoms with E-state index in [2.05, 4.69) is 50.8 Å². The minimum atomic E-state index is -0.955. The lowest BCUT2D eigenvalue weighted by Crippen LogP contribution is -2.37. The van der Waals surface area contributed by atoms with Gasteiger partial charge in [-0.2, -0.15) is 0 Å². The molecule has 1 atom stereocenters. The highest BCUT2D eigenvalue weighted by Crippen LogP contribution is 2.44. The lowest BCUT2D eigenvalue weighted by atomic mass is 9.94. The van der Waals surface area contributed by atoms with E-state index in [4.69, 9.17) is 28.2 Å². The maximum atomic E-state index is 11.4. The zero-order valence-electron chi connectivity index (χ0n) is 24.4.